The summed E-state index contributed by atoms with van der Waals surface area (Å²) in [5.74, 6) is 1.25. The molecule has 1 aromatic heterocycles. The van der Waals surface area contributed by atoms with Gasteiger partial charge in [-0.15, -0.1) is 10.2 Å². The molecular weight excluding hydrogens is 362 g/mol. The fourth-order valence-corrected chi connectivity index (χ4v) is 3.95. The lowest BCUT2D eigenvalue weighted by Gasteiger charge is -2.31. The average Bonchev–Trinajstić information content (AvgIpc) is 3.03. The van der Waals surface area contributed by atoms with Crippen LogP contribution in [0.15, 0.2) is 29.4 Å². The van der Waals surface area contributed by atoms with E-state index in [2.05, 4.69) is 25.0 Å². The summed E-state index contributed by atoms with van der Waals surface area (Å²) in [5, 5.41) is 12.4. The zero-order valence-corrected chi connectivity index (χ0v) is 16.8. The van der Waals surface area contributed by atoms with Gasteiger partial charge < -0.3 is 9.88 Å². The van der Waals surface area contributed by atoms with E-state index >= 15 is 0 Å². The van der Waals surface area contributed by atoms with Crippen molar-refractivity contribution in [3.8, 4) is 0 Å². The first kappa shape index (κ1) is 19.6. The second-order valence-electron chi connectivity index (χ2n) is 6.86. The Bertz CT molecular complexity index is 818. The van der Waals surface area contributed by atoms with Crippen molar-refractivity contribution in [3.05, 3.63) is 35.7 Å². The number of hydrogen-bond donors (Lipinski definition) is 1. The molecule has 0 spiro atoms. The van der Waals surface area contributed by atoms with Gasteiger partial charge in [0.15, 0.2) is 10.9 Å². The van der Waals surface area contributed by atoms with Gasteiger partial charge in [-0.1, -0.05) is 11.8 Å². The minimum atomic E-state index is -0.0472. The lowest BCUT2D eigenvalue weighted by atomic mass is 9.97. The van der Waals surface area contributed by atoms with Crippen LogP contribution in [0, 0.1) is 0 Å². The predicted octanol–water partition coefficient (Wildman–Crippen LogP) is 2.56. The molecule has 1 saturated heterocycles. The number of thioether (sulfide) groups is 1. The van der Waals surface area contributed by atoms with Gasteiger partial charge in [0.1, 0.15) is 5.82 Å². The molecule has 2 aromatic rings. The summed E-state index contributed by atoms with van der Waals surface area (Å²) >= 11 is 1.59. The third-order valence-electron chi connectivity index (χ3n) is 4.86. The number of ketones is 1. The van der Waals surface area contributed by atoms with Crippen LogP contribution in [0.1, 0.15) is 41.9 Å². The van der Waals surface area contributed by atoms with E-state index in [-0.39, 0.29) is 11.7 Å². The first-order valence-corrected chi connectivity index (χ1v) is 10.3. The third kappa shape index (κ3) is 4.75. The Balaban J connectivity index is 1.57. The number of benzene rings is 1. The van der Waals surface area contributed by atoms with Gasteiger partial charge >= 0.3 is 0 Å². The van der Waals surface area contributed by atoms with E-state index in [1.54, 1.807) is 36.0 Å². The summed E-state index contributed by atoms with van der Waals surface area (Å²) < 4.78 is 2.05. The molecule has 144 valence electrons. The van der Waals surface area contributed by atoms with Crippen LogP contribution < -0.4 is 5.32 Å². The van der Waals surface area contributed by atoms with Crippen molar-refractivity contribution in [1.82, 2.24) is 19.7 Å². The number of anilines is 1. The molecule has 0 radical (unpaired) electrons. The van der Waals surface area contributed by atoms with Crippen molar-refractivity contribution < 1.29 is 9.59 Å². The van der Waals surface area contributed by atoms with Crippen molar-refractivity contribution in [2.24, 2.45) is 7.05 Å². The molecule has 1 fully saturated rings. The minimum Gasteiger partial charge on any atom is -0.325 e. The van der Waals surface area contributed by atoms with Gasteiger partial charge in [-0.05, 0) is 56.8 Å². The molecule has 2 heterocycles. The van der Waals surface area contributed by atoms with Gasteiger partial charge in [0.2, 0.25) is 5.91 Å². The number of aromatic nitrogens is 3. The Hall–Kier alpha value is -2.19. The number of likely N-dealkylation sites (tertiary alicyclic amines) is 1. The van der Waals surface area contributed by atoms with E-state index in [1.807, 2.05) is 13.3 Å². The summed E-state index contributed by atoms with van der Waals surface area (Å²) in [6.07, 6.45) is 4.09. The summed E-state index contributed by atoms with van der Waals surface area (Å²) in [5.41, 5.74) is 1.34. The second-order valence-corrected chi connectivity index (χ2v) is 7.63. The normalized spacial score (nSPS) is 17.7. The second kappa shape index (κ2) is 8.67. The van der Waals surface area contributed by atoms with Crippen LogP contribution >= 0.6 is 11.8 Å². The summed E-state index contributed by atoms with van der Waals surface area (Å²) in [4.78, 5) is 25.9. The topological polar surface area (TPSA) is 80.1 Å². The molecule has 3 rings (SSSR count). The average molecular weight is 388 g/mol. The number of Topliss-reactive ketones (excluding diaryl/α,β-unsaturated/α-hetero) is 1. The molecule has 1 unspecified atom stereocenters. The molecule has 8 heteroatoms. The van der Waals surface area contributed by atoms with Crippen LogP contribution in [0.2, 0.25) is 0 Å². The maximum Gasteiger partial charge on any atom is 0.238 e. The van der Waals surface area contributed by atoms with E-state index in [9.17, 15) is 9.59 Å². The number of rotatable bonds is 6. The Morgan fingerprint density at radius 2 is 2.00 bits per heavy atom. The Morgan fingerprint density at radius 1 is 1.26 bits per heavy atom. The number of nitrogens with zero attached hydrogens (tertiary/aromatic N) is 4. The molecule has 27 heavy (non-hydrogen) atoms. The molecule has 1 N–H and O–H groups in total. The maximum absolute atomic E-state index is 12.4. The van der Waals surface area contributed by atoms with E-state index in [0.29, 0.717) is 23.7 Å². The van der Waals surface area contributed by atoms with Gasteiger partial charge in [-0.25, -0.2) is 0 Å². The number of amides is 1. The zero-order chi connectivity index (χ0) is 19.4. The molecule has 1 atom stereocenters. The Labute approximate surface area is 163 Å². The highest BCUT2D eigenvalue weighted by molar-refractivity contribution is 7.98. The van der Waals surface area contributed by atoms with Crippen molar-refractivity contribution >= 4 is 29.1 Å². The Kier molecular flexibility index (Phi) is 6.28. The number of carbonyl (C=O) groups is 2. The molecule has 0 aliphatic carbocycles. The fourth-order valence-electron chi connectivity index (χ4n) is 3.46. The molecule has 1 aliphatic heterocycles. The van der Waals surface area contributed by atoms with Crippen LogP contribution in [0.3, 0.4) is 0 Å². The van der Waals surface area contributed by atoms with Gasteiger partial charge in [0.05, 0.1) is 6.54 Å². The van der Waals surface area contributed by atoms with Crippen molar-refractivity contribution in [3.63, 3.8) is 0 Å². The van der Waals surface area contributed by atoms with Crippen LogP contribution in [-0.2, 0) is 11.8 Å². The predicted molar refractivity (Wildman–Crippen MR) is 106 cm³/mol. The van der Waals surface area contributed by atoms with Crippen molar-refractivity contribution in [1.29, 1.82) is 0 Å². The van der Waals surface area contributed by atoms with E-state index < -0.39 is 0 Å². The van der Waals surface area contributed by atoms with E-state index in [4.69, 9.17) is 0 Å². The highest BCUT2D eigenvalue weighted by Gasteiger charge is 2.26. The number of carbonyl (C=O) groups excluding carboxylic acids is 2. The molecule has 0 bridgehead atoms. The van der Waals surface area contributed by atoms with Crippen molar-refractivity contribution in [2.45, 2.75) is 30.8 Å². The van der Waals surface area contributed by atoms with Crippen LogP contribution in [0.4, 0.5) is 5.69 Å². The number of hydrogen-bond acceptors (Lipinski definition) is 6. The van der Waals surface area contributed by atoms with Crippen LogP contribution in [0.5, 0.6) is 0 Å². The molecule has 1 aliphatic rings. The Morgan fingerprint density at radius 3 is 2.63 bits per heavy atom. The van der Waals surface area contributed by atoms with Gasteiger partial charge in [-0.3, -0.25) is 14.5 Å². The summed E-state index contributed by atoms with van der Waals surface area (Å²) in [7, 11) is 2.00. The van der Waals surface area contributed by atoms with E-state index in [1.165, 1.54) is 6.92 Å². The van der Waals surface area contributed by atoms with Crippen LogP contribution in [-0.4, -0.2) is 57.2 Å². The maximum atomic E-state index is 12.4. The summed E-state index contributed by atoms with van der Waals surface area (Å²) in [6, 6.07) is 6.98. The number of piperidine rings is 1. The van der Waals surface area contributed by atoms with Gasteiger partial charge in [-0.2, -0.15) is 0 Å². The minimum absolute atomic E-state index is 0.0145. The fraction of sp³-hybridized carbons (Fsp3) is 0.474. The van der Waals surface area contributed by atoms with Gasteiger partial charge in [0, 0.05) is 30.8 Å². The first-order valence-electron chi connectivity index (χ1n) is 9.04. The van der Waals surface area contributed by atoms with E-state index in [0.717, 1.165) is 36.9 Å². The first-order chi connectivity index (χ1) is 13.0. The molecule has 1 amide bonds. The van der Waals surface area contributed by atoms with Crippen molar-refractivity contribution in [2.75, 3.05) is 31.2 Å². The molecule has 7 nitrogen and oxygen atoms in total. The van der Waals surface area contributed by atoms with Gasteiger partial charge in [0.25, 0.3) is 0 Å². The molecule has 0 saturated carbocycles. The number of nitrogens with one attached hydrogen (secondary N) is 1. The largest absolute Gasteiger partial charge is 0.325 e. The van der Waals surface area contributed by atoms with Crippen LogP contribution in [0.25, 0.3) is 0 Å². The molecular formula is C19H25N5O2S. The lowest BCUT2D eigenvalue weighted by molar-refractivity contribution is -0.117. The zero-order valence-electron chi connectivity index (χ0n) is 15.9. The quantitative estimate of drug-likeness (QED) is 0.606. The molecule has 1 aromatic carbocycles. The third-order valence-corrected chi connectivity index (χ3v) is 5.58. The highest BCUT2D eigenvalue weighted by Crippen LogP contribution is 2.27. The summed E-state index contributed by atoms with van der Waals surface area (Å²) in [6.45, 7) is 3.58. The smallest absolute Gasteiger partial charge is 0.238 e. The highest BCUT2D eigenvalue weighted by atomic mass is 32.2. The lowest BCUT2D eigenvalue weighted by Crippen LogP contribution is -2.40. The SMILES string of the molecule is CSc1nnc(C2CCCN(CC(=O)Nc3ccc(C(C)=O)cc3)C2)n1C. The standard InChI is InChI=1S/C19H25N5O2S/c1-13(25)14-6-8-16(9-7-14)20-17(26)12-24-10-4-5-15(11-24)18-21-22-19(27-3)23(18)2/h6-9,15H,4-5,10-12H2,1-3H3,(H,20,26). The monoisotopic (exact) mass is 387 g/mol.